The number of piperidine rings is 1. The Morgan fingerprint density at radius 2 is 1.90 bits per heavy atom. The molecule has 1 aliphatic heterocycles. The number of hydrogen-bond acceptors (Lipinski definition) is 3. The number of carbonyl (C=O) groups excluding carboxylic acids is 2. The zero-order chi connectivity index (χ0) is 15.6. The predicted octanol–water partition coefficient (Wildman–Crippen LogP) is 2.33. The highest BCUT2D eigenvalue weighted by atomic mass is 79.9. The highest BCUT2D eigenvalue weighted by Crippen LogP contribution is 2.20. The average Bonchev–Trinajstić information content (AvgIpc) is 2.84. The maximum absolute atomic E-state index is 12.1. The average molecular weight is 369 g/mol. The molecule has 1 N–H and O–H groups in total. The Labute approximate surface area is 126 Å². The van der Waals surface area contributed by atoms with Crippen LogP contribution in [0.15, 0.2) is 21.2 Å². The Morgan fingerprint density at radius 3 is 2.38 bits per heavy atom. The summed E-state index contributed by atoms with van der Waals surface area (Å²) in [6.07, 6.45) is -4.34. The number of likely N-dealkylation sites (tertiary alicyclic amines) is 1. The molecule has 2 heterocycles. The molecule has 5 nitrogen and oxygen atoms in total. The van der Waals surface area contributed by atoms with Crippen molar-refractivity contribution in [3.8, 4) is 0 Å². The van der Waals surface area contributed by atoms with Gasteiger partial charge in [-0.3, -0.25) is 9.59 Å². The van der Waals surface area contributed by atoms with Crippen LogP contribution in [0.4, 0.5) is 13.2 Å². The van der Waals surface area contributed by atoms with Crippen LogP contribution in [-0.4, -0.2) is 42.0 Å². The zero-order valence-electron chi connectivity index (χ0n) is 10.7. The maximum Gasteiger partial charge on any atom is 0.471 e. The maximum atomic E-state index is 12.1. The van der Waals surface area contributed by atoms with Crippen molar-refractivity contribution in [3.05, 3.63) is 22.6 Å². The van der Waals surface area contributed by atoms with E-state index in [-0.39, 0.29) is 37.6 Å². The molecule has 0 unspecified atom stereocenters. The van der Waals surface area contributed by atoms with Gasteiger partial charge in [-0.2, -0.15) is 13.2 Å². The van der Waals surface area contributed by atoms with Gasteiger partial charge in [0.2, 0.25) is 0 Å². The summed E-state index contributed by atoms with van der Waals surface area (Å²) in [4.78, 5) is 24.4. The van der Waals surface area contributed by atoms with Gasteiger partial charge >= 0.3 is 12.1 Å². The number of alkyl halides is 3. The number of hydrogen-bond donors (Lipinski definition) is 1. The summed E-state index contributed by atoms with van der Waals surface area (Å²) in [6, 6.07) is 2.53. The minimum atomic E-state index is -4.88. The molecule has 0 spiro atoms. The fourth-order valence-electron chi connectivity index (χ4n) is 2.08. The smallest absolute Gasteiger partial charge is 0.444 e. The van der Waals surface area contributed by atoms with Gasteiger partial charge in [-0.05, 0) is 40.9 Å². The van der Waals surface area contributed by atoms with E-state index in [0.29, 0.717) is 4.67 Å². The summed E-state index contributed by atoms with van der Waals surface area (Å²) in [5.74, 6) is -2.09. The standard InChI is InChI=1S/C12H12BrF3N2O3/c13-9-2-1-8(21-9)10(19)18-5-3-7(4-6-18)17-11(20)12(14,15)16/h1-2,7H,3-6H2,(H,17,20). The van der Waals surface area contributed by atoms with Gasteiger partial charge in [0.25, 0.3) is 5.91 Å². The molecule has 0 atom stereocenters. The molecule has 1 aromatic heterocycles. The highest BCUT2D eigenvalue weighted by molar-refractivity contribution is 9.10. The van der Waals surface area contributed by atoms with Crippen molar-refractivity contribution in [2.45, 2.75) is 25.1 Å². The van der Waals surface area contributed by atoms with Crippen LogP contribution in [0.25, 0.3) is 0 Å². The van der Waals surface area contributed by atoms with Crippen LogP contribution in [0.1, 0.15) is 23.4 Å². The molecule has 1 saturated heterocycles. The van der Waals surface area contributed by atoms with Gasteiger partial charge in [-0.15, -0.1) is 0 Å². The molecule has 2 amide bonds. The van der Waals surface area contributed by atoms with Crippen molar-refractivity contribution in [1.82, 2.24) is 10.2 Å². The monoisotopic (exact) mass is 368 g/mol. The molecule has 1 fully saturated rings. The van der Waals surface area contributed by atoms with Gasteiger partial charge in [-0.25, -0.2) is 0 Å². The summed E-state index contributed by atoms with van der Waals surface area (Å²) in [6.45, 7) is 0.528. The van der Waals surface area contributed by atoms with Crippen LogP contribution >= 0.6 is 15.9 Å². The number of nitrogens with one attached hydrogen (secondary N) is 1. The molecule has 1 aromatic rings. The first-order valence-electron chi connectivity index (χ1n) is 6.19. The fraction of sp³-hybridized carbons (Fsp3) is 0.500. The largest absolute Gasteiger partial charge is 0.471 e. The van der Waals surface area contributed by atoms with Crippen LogP contribution < -0.4 is 5.32 Å². The molecule has 0 saturated carbocycles. The van der Waals surface area contributed by atoms with E-state index in [1.165, 1.54) is 11.0 Å². The molecule has 1 aliphatic rings. The molecule has 116 valence electrons. The van der Waals surface area contributed by atoms with Crippen molar-refractivity contribution in [1.29, 1.82) is 0 Å². The second kappa shape index (κ2) is 6.08. The molecule has 0 radical (unpaired) electrons. The Hall–Kier alpha value is -1.51. The molecular formula is C12H12BrF3N2O3. The third-order valence-corrected chi connectivity index (χ3v) is 3.59. The lowest BCUT2D eigenvalue weighted by atomic mass is 10.0. The van der Waals surface area contributed by atoms with Crippen LogP contribution in [0, 0.1) is 0 Å². The van der Waals surface area contributed by atoms with Crippen molar-refractivity contribution < 1.29 is 27.2 Å². The second-order valence-corrected chi connectivity index (χ2v) is 5.42. The molecule has 0 aliphatic carbocycles. The first kappa shape index (κ1) is 15.9. The van der Waals surface area contributed by atoms with E-state index in [1.54, 1.807) is 6.07 Å². The summed E-state index contributed by atoms with van der Waals surface area (Å²) in [7, 11) is 0. The Balaban J connectivity index is 1.86. The lowest BCUT2D eigenvalue weighted by Gasteiger charge is -2.32. The Morgan fingerprint density at radius 1 is 1.29 bits per heavy atom. The molecule has 21 heavy (non-hydrogen) atoms. The Bertz CT molecular complexity index is 536. The van der Waals surface area contributed by atoms with Crippen molar-refractivity contribution >= 4 is 27.7 Å². The second-order valence-electron chi connectivity index (χ2n) is 4.64. The van der Waals surface area contributed by atoms with Gasteiger partial charge in [0.05, 0.1) is 0 Å². The van der Waals surface area contributed by atoms with Gasteiger partial charge < -0.3 is 14.6 Å². The molecule has 0 aromatic carbocycles. The van der Waals surface area contributed by atoms with E-state index in [2.05, 4.69) is 15.9 Å². The van der Waals surface area contributed by atoms with Crippen LogP contribution in [0.3, 0.4) is 0 Å². The highest BCUT2D eigenvalue weighted by Gasteiger charge is 2.40. The molecule has 0 bridgehead atoms. The minimum Gasteiger partial charge on any atom is -0.444 e. The van der Waals surface area contributed by atoms with Crippen molar-refractivity contribution in [2.75, 3.05) is 13.1 Å². The Kier molecular flexibility index (Phi) is 4.60. The SMILES string of the molecule is O=C(c1ccc(Br)o1)N1CCC(NC(=O)C(F)(F)F)CC1. The van der Waals surface area contributed by atoms with Crippen LogP contribution in [-0.2, 0) is 4.79 Å². The van der Waals surface area contributed by atoms with Gasteiger partial charge in [-0.1, -0.05) is 0 Å². The predicted molar refractivity (Wildman–Crippen MR) is 69.5 cm³/mol. The number of rotatable bonds is 2. The number of amides is 2. The molecule has 2 rings (SSSR count). The number of nitrogens with zero attached hydrogens (tertiary/aromatic N) is 1. The summed E-state index contributed by atoms with van der Waals surface area (Å²) in [5, 5.41) is 1.93. The van der Waals surface area contributed by atoms with Crippen molar-refractivity contribution in [2.24, 2.45) is 0 Å². The minimum absolute atomic E-state index is 0.166. The first-order chi connectivity index (χ1) is 9.77. The van der Waals surface area contributed by atoms with Crippen LogP contribution in [0.2, 0.25) is 0 Å². The quantitative estimate of drug-likeness (QED) is 0.871. The fourth-order valence-corrected chi connectivity index (χ4v) is 2.39. The lowest BCUT2D eigenvalue weighted by Crippen LogP contribution is -2.49. The first-order valence-corrected chi connectivity index (χ1v) is 6.99. The number of halogens is 4. The summed E-state index contributed by atoms with van der Waals surface area (Å²) in [5.41, 5.74) is 0. The third-order valence-electron chi connectivity index (χ3n) is 3.16. The zero-order valence-corrected chi connectivity index (χ0v) is 12.3. The number of furan rings is 1. The lowest BCUT2D eigenvalue weighted by molar-refractivity contribution is -0.174. The van der Waals surface area contributed by atoms with Gasteiger partial charge in [0, 0.05) is 19.1 Å². The van der Waals surface area contributed by atoms with E-state index in [0.717, 1.165) is 0 Å². The molecular weight excluding hydrogens is 357 g/mol. The van der Waals surface area contributed by atoms with Crippen molar-refractivity contribution in [3.63, 3.8) is 0 Å². The third kappa shape index (κ3) is 3.99. The van der Waals surface area contributed by atoms with E-state index >= 15 is 0 Å². The normalized spacial score (nSPS) is 16.9. The number of carbonyl (C=O) groups is 2. The van der Waals surface area contributed by atoms with E-state index in [4.69, 9.17) is 4.42 Å². The summed E-state index contributed by atoms with van der Waals surface area (Å²) >= 11 is 3.09. The summed E-state index contributed by atoms with van der Waals surface area (Å²) < 4.78 is 42.0. The van der Waals surface area contributed by atoms with E-state index < -0.39 is 18.1 Å². The van der Waals surface area contributed by atoms with Gasteiger partial charge in [0.15, 0.2) is 10.4 Å². The van der Waals surface area contributed by atoms with Gasteiger partial charge in [0.1, 0.15) is 0 Å². The van der Waals surface area contributed by atoms with Crippen LogP contribution in [0.5, 0.6) is 0 Å². The molecule has 9 heteroatoms. The van der Waals surface area contributed by atoms with E-state index in [1.807, 2.05) is 5.32 Å². The topological polar surface area (TPSA) is 62.6 Å². The van der Waals surface area contributed by atoms with E-state index in [9.17, 15) is 22.8 Å².